The Bertz CT molecular complexity index is 2740. The number of para-hydroxylation sites is 2. The summed E-state index contributed by atoms with van der Waals surface area (Å²) in [6.45, 7) is 0. The van der Waals surface area contributed by atoms with Gasteiger partial charge in [0.2, 0.25) is 0 Å². The van der Waals surface area contributed by atoms with Crippen molar-refractivity contribution in [2.24, 2.45) is 0 Å². The van der Waals surface area contributed by atoms with Gasteiger partial charge in [-0.2, -0.15) is 0 Å². The molecule has 214 valence electrons. The number of hydrogen-bond donors (Lipinski definition) is 0. The van der Waals surface area contributed by atoms with Gasteiger partial charge in [-0.3, -0.25) is 9.13 Å². The minimum atomic E-state index is 0.797. The fourth-order valence-electron chi connectivity index (χ4n) is 7.42. The molecule has 0 N–H and O–H groups in total. The van der Waals surface area contributed by atoms with E-state index in [1.54, 1.807) is 0 Å². The summed E-state index contributed by atoms with van der Waals surface area (Å²) in [4.78, 5) is 9.56. The normalized spacial score (nSPS) is 12.3. The van der Waals surface area contributed by atoms with Crippen LogP contribution in [0.25, 0.3) is 99.1 Å². The summed E-state index contributed by atoms with van der Waals surface area (Å²) < 4.78 is 17.2. The third kappa shape index (κ3) is 3.09. The van der Waals surface area contributed by atoms with E-state index in [0.29, 0.717) is 0 Å². The summed E-state index contributed by atoms with van der Waals surface area (Å²) >= 11 is 0. The monoisotopic (exact) mass is 590 g/mol. The minimum Gasteiger partial charge on any atom is -0.456 e. The van der Waals surface area contributed by atoms with Gasteiger partial charge in [0.15, 0.2) is 0 Å². The maximum atomic E-state index is 6.39. The number of fused-ring (bicyclic) bond motifs is 12. The Kier molecular flexibility index (Phi) is 4.49. The number of hydrogen-bond acceptors (Lipinski definition) is 4. The van der Waals surface area contributed by atoms with Gasteiger partial charge in [-0.1, -0.05) is 36.4 Å². The van der Waals surface area contributed by atoms with Crippen LogP contribution in [0, 0.1) is 0 Å². The SMILES string of the molecule is c1ccc2c(c1)c1cccnc1n2-c1ccc2oc3cc4oc5ccc(-n6c7ccccc7c7cccnc76)cc5c4cc3c2c1. The molecule has 0 fully saturated rings. The zero-order valence-electron chi connectivity index (χ0n) is 24.3. The van der Waals surface area contributed by atoms with Crippen LogP contribution in [0.5, 0.6) is 0 Å². The zero-order chi connectivity index (χ0) is 29.9. The highest BCUT2D eigenvalue weighted by Gasteiger charge is 2.18. The van der Waals surface area contributed by atoms with Crippen LogP contribution in [0.1, 0.15) is 0 Å². The van der Waals surface area contributed by atoms with Crippen molar-refractivity contribution in [1.29, 1.82) is 0 Å². The molecule has 6 heteroatoms. The van der Waals surface area contributed by atoms with Gasteiger partial charge < -0.3 is 8.83 Å². The van der Waals surface area contributed by atoms with Crippen LogP contribution in [0.4, 0.5) is 0 Å². The van der Waals surface area contributed by atoms with Crippen molar-refractivity contribution in [3.8, 4) is 11.4 Å². The highest BCUT2D eigenvalue weighted by atomic mass is 16.3. The number of rotatable bonds is 2. The van der Waals surface area contributed by atoms with Crippen LogP contribution in [-0.4, -0.2) is 19.1 Å². The molecular weight excluding hydrogens is 568 g/mol. The maximum Gasteiger partial charge on any atom is 0.145 e. The molecule has 6 aromatic heterocycles. The Morgan fingerprint density at radius 1 is 0.370 bits per heavy atom. The van der Waals surface area contributed by atoms with E-state index in [-0.39, 0.29) is 0 Å². The van der Waals surface area contributed by atoms with Crippen molar-refractivity contribution in [2.75, 3.05) is 0 Å². The van der Waals surface area contributed by atoms with Crippen LogP contribution in [0.3, 0.4) is 0 Å². The Morgan fingerprint density at radius 3 is 1.35 bits per heavy atom. The van der Waals surface area contributed by atoms with Crippen molar-refractivity contribution in [3.63, 3.8) is 0 Å². The molecule has 6 heterocycles. The molecule has 11 aromatic rings. The lowest BCUT2D eigenvalue weighted by Gasteiger charge is -2.07. The van der Waals surface area contributed by atoms with Crippen molar-refractivity contribution < 1.29 is 8.83 Å². The molecule has 0 atom stereocenters. The van der Waals surface area contributed by atoms with Crippen molar-refractivity contribution in [3.05, 3.63) is 134 Å². The van der Waals surface area contributed by atoms with Gasteiger partial charge in [0, 0.05) is 72.9 Å². The van der Waals surface area contributed by atoms with E-state index in [9.17, 15) is 0 Å². The molecule has 0 spiro atoms. The Balaban J connectivity index is 1.16. The molecule has 0 saturated heterocycles. The summed E-state index contributed by atoms with van der Waals surface area (Å²) in [6, 6.07) is 42.2. The molecule has 0 unspecified atom stereocenters. The second-order valence-corrected chi connectivity index (χ2v) is 11.9. The predicted octanol–water partition coefficient (Wildman–Crippen LogP) is 10.5. The first-order valence-electron chi connectivity index (χ1n) is 15.3. The summed E-state index contributed by atoms with van der Waals surface area (Å²) in [7, 11) is 0. The van der Waals surface area contributed by atoms with Crippen molar-refractivity contribution in [2.45, 2.75) is 0 Å². The second kappa shape index (κ2) is 8.61. The van der Waals surface area contributed by atoms with E-state index in [4.69, 9.17) is 18.8 Å². The lowest BCUT2D eigenvalue weighted by molar-refractivity contribution is 0.656. The van der Waals surface area contributed by atoms with Gasteiger partial charge in [-0.05, 0) is 78.9 Å². The van der Waals surface area contributed by atoms with E-state index in [2.05, 4.69) is 112 Å². The second-order valence-electron chi connectivity index (χ2n) is 11.9. The number of pyridine rings is 2. The first kappa shape index (κ1) is 24.0. The van der Waals surface area contributed by atoms with Gasteiger partial charge in [0.05, 0.1) is 11.0 Å². The number of benzene rings is 5. The van der Waals surface area contributed by atoms with Gasteiger partial charge >= 0.3 is 0 Å². The molecule has 0 saturated carbocycles. The van der Waals surface area contributed by atoms with Crippen LogP contribution < -0.4 is 0 Å². The van der Waals surface area contributed by atoms with E-state index < -0.39 is 0 Å². The van der Waals surface area contributed by atoms with E-state index in [0.717, 1.165) is 88.4 Å². The third-order valence-electron chi connectivity index (χ3n) is 9.41. The fourth-order valence-corrected chi connectivity index (χ4v) is 7.42. The molecule has 6 nitrogen and oxygen atoms in total. The average molecular weight is 591 g/mol. The van der Waals surface area contributed by atoms with Gasteiger partial charge in [-0.15, -0.1) is 0 Å². The molecule has 0 aliphatic heterocycles. The lowest BCUT2D eigenvalue weighted by atomic mass is 10.1. The Morgan fingerprint density at radius 2 is 0.826 bits per heavy atom. The molecule has 0 aliphatic carbocycles. The molecule has 46 heavy (non-hydrogen) atoms. The van der Waals surface area contributed by atoms with Gasteiger partial charge in [0.1, 0.15) is 33.6 Å². The van der Waals surface area contributed by atoms with Crippen molar-refractivity contribution >= 4 is 87.7 Å². The van der Waals surface area contributed by atoms with Gasteiger partial charge in [-0.25, -0.2) is 9.97 Å². The average Bonchev–Trinajstić information content (AvgIpc) is 3.84. The number of aromatic nitrogens is 4. The summed E-state index contributed by atoms with van der Waals surface area (Å²) in [5.41, 5.74) is 9.46. The van der Waals surface area contributed by atoms with E-state index in [1.165, 1.54) is 10.8 Å². The zero-order valence-corrected chi connectivity index (χ0v) is 24.3. The van der Waals surface area contributed by atoms with Crippen molar-refractivity contribution in [1.82, 2.24) is 19.1 Å². The standard InChI is InChI=1S/C40H22N4O2/c1-3-11-33-25(7-1)27-9-5-17-41-39(27)43(33)23-13-15-35-29(19-23)31-21-32-30-20-24(14-16-36(30)46-38(32)22-37(31)45-35)44-34-12-4-2-8-26(34)28-10-6-18-42-40(28)44/h1-22H. The molecule has 11 rings (SSSR count). The summed E-state index contributed by atoms with van der Waals surface area (Å²) in [5.74, 6) is 0. The first-order chi connectivity index (χ1) is 22.8. The maximum absolute atomic E-state index is 6.39. The molecule has 0 amide bonds. The fraction of sp³-hybridized carbons (Fsp3) is 0. The molecular formula is C40H22N4O2. The molecule has 0 radical (unpaired) electrons. The largest absolute Gasteiger partial charge is 0.456 e. The van der Waals surface area contributed by atoms with Crippen LogP contribution in [0.15, 0.2) is 143 Å². The molecule has 0 aliphatic rings. The highest BCUT2D eigenvalue weighted by Crippen LogP contribution is 2.40. The third-order valence-corrected chi connectivity index (χ3v) is 9.41. The quantitative estimate of drug-likeness (QED) is 0.201. The number of furan rings is 2. The van der Waals surface area contributed by atoms with Crippen LogP contribution >= 0.6 is 0 Å². The highest BCUT2D eigenvalue weighted by molar-refractivity contribution is 6.16. The topological polar surface area (TPSA) is 61.9 Å². The first-order valence-corrected chi connectivity index (χ1v) is 15.3. The summed E-state index contributed by atoms with van der Waals surface area (Å²) in [5, 5.41) is 8.83. The Labute approximate surface area is 260 Å². The molecule has 5 aromatic carbocycles. The summed E-state index contributed by atoms with van der Waals surface area (Å²) in [6.07, 6.45) is 3.71. The number of nitrogens with zero attached hydrogens (tertiary/aromatic N) is 4. The lowest BCUT2D eigenvalue weighted by Crippen LogP contribution is -1.94. The predicted molar refractivity (Wildman–Crippen MR) is 185 cm³/mol. The smallest absolute Gasteiger partial charge is 0.145 e. The van der Waals surface area contributed by atoms with E-state index in [1.807, 2.05) is 30.6 Å². The minimum absolute atomic E-state index is 0.797. The van der Waals surface area contributed by atoms with Crippen LogP contribution in [-0.2, 0) is 0 Å². The van der Waals surface area contributed by atoms with Gasteiger partial charge in [0.25, 0.3) is 0 Å². The van der Waals surface area contributed by atoms with Crippen LogP contribution in [0.2, 0.25) is 0 Å². The Hall–Kier alpha value is -6.40. The molecule has 0 bridgehead atoms. The van der Waals surface area contributed by atoms with E-state index >= 15 is 0 Å².